The predicted molar refractivity (Wildman–Crippen MR) is 85.9 cm³/mol. The highest BCUT2D eigenvalue weighted by atomic mass is 28.4. The molecule has 0 aliphatic carbocycles. The van der Waals surface area contributed by atoms with Gasteiger partial charge in [0, 0.05) is 29.1 Å². The van der Waals surface area contributed by atoms with Gasteiger partial charge in [0.05, 0.1) is 0 Å². The Labute approximate surface area is 128 Å². The fourth-order valence-electron chi connectivity index (χ4n) is 1.98. The van der Waals surface area contributed by atoms with Crippen molar-refractivity contribution < 1.29 is 18.1 Å². The SMILES string of the molecule is CC(C)O[Si](OC(C)C)(OC(C)C)c1ccc(C=O)cc1. The number of carbonyl (C=O) groups excluding carboxylic acids is 1. The summed E-state index contributed by atoms with van der Waals surface area (Å²) in [5.74, 6) is 0. The molecule has 0 N–H and O–H groups in total. The van der Waals surface area contributed by atoms with E-state index in [0.29, 0.717) is 5.56 Å². The van der Waals surface area contributed by atoms with Crippen molar-refractivity contribution in [3.05, 3.63) is 29.8 Å². The molecule has 0 atom stereocenters. The van der Waals surface area contributed by atoms with Gasteiger partial charge >= 0.3 is 8.80 Å². The molecule has 1 aromatic rings. The lowest BCUT2D eigenvalue weighted by molar-refractivity contribution is 0.0153. The van der Waals surface area contributed by atoms with Gasteiger partial charge in [-0.05, 0) is 41.5 Å². The predicted octanol–water partition coefficient (Wildman–Crippen LogP) is 2.92. The molecule has 5 heteroatoms. The van der Waals surface area contributed by atoms with Crippen molar-refractivity contribution in [2.24, 2.45) is 0 Å². The molecule has 0 unspecified atom stereocenters. The summed E-state index contributed by atoms with van der Waals surface area (Å²) in [6.07, 6.45) is 0.780. The normalized spacial score (nSPS) is 12.4. The Morgan fingerprint density at radius 1 is 0.810 bits per heavy atom. The number of hydrogen-bond acceptors (Lipinski definition) is 4. The van der Waals surface area contributed by atoms with E-state index in [1.165, 1.54) is 0 Å². The Balaban J connectivity index is 3.25. The van der Waals surface area contributed by atoms with E-state index in [1.807, 2.05) is 53.7 Å². The van der Waals surface area contributed by atoms with Crippen LogP contribution in [0.4, 0.5) is 0 Å². The molecule has 0 bridgehead atoms. The second-order valence-electron chi connectivity index (χ2n) is 5.80. The van der Waals surface area contributed by atoms with Gasteiger partial charge in [-0.3, -0.25) is 4.79 Å². The zero-order valence-corrected chi connectivity index (χ0v) is 14.8. The van der Waals surface area contributed by atoms with Crippen LogP contribution >= 0.6 is 0 Å². The van der Waals surface area contributed by atoms with E-state index < -0.39 is 8.80 Å². The number of benzene rings is 1. The van der Waals surface area contributed by atoms with Gasteiger partial charge in [-0.2, -0.15) is 0 Å². The van der Waals surface area contributed by atoms with Crippen molar-refractivity contribution in [1.82, 2.24) is 0 Å². The zero-order valence-electron chi connectivity index (χ0n) is 13.8. The highest BCUT2D eigenvalue weighted by Crippen LogP contribution is 2.18. The third-order valence-electron chi connectivity index (χ3n) is 2.57. The molecule has 0 radical (unpaired) electrons. The van der Waals surface area contributed by atoms with E-state index in [-0.39, 0.29) is 18.3 Å². The molecule has 4 nitrogen and oxygen atoms in total. The average Bonchev–Trinajstić information content (AvgIpc) is 2.36. The molecule has 0 heterocycles. The van der Waals surface area contributed by atoms with Crippen molar-refractivity contribution in [2.45, 2.75) is 59.9 Å². The lowest BCUT2D eigenvalue weighted by Gasteiger charge is -2.34. The maximum Gasteiger partial charge on any atom is 0.537 e. The highest BCUT2D eigenvalue weighted by molar-refractivity contribution is 6.75. The van der Waals surface area contributed by atoms with Crippen LogP contribution in [0, 0.1) is 0 Å². The van der Waals surface area contributed by atoms with Crippen molar-refractivity contribution in [2.75, 3.05) is 0 Å². The summed E-state index contributed by atoms with van der Waals surface area (Å²) >= 11 is 0. The maximum atomic E-state index is 10.8. The number of carbonyl (C=O) groups is 1. The quantitative estimate of drug-likeness (QED) is 0.547. The van der Waals surface area contributed by atoms with Gasteiger partial charge in [-0.1, -0.05) is 24.3 Å². The number of aldehydes is 1. The summed E-state index contributed by atoms with van der Waals surface area (Å²) in [5.41, 5.74) is 0.625. The Kier molecular flexibility index (Phi) is 6.74. The largest absolute Gasteiger partial charge is 0.537 e. The fourth-order valence-corrected chi connectivity index (χ4v) is 5.00. The minimum absolute atomic E-state index is 0.0140. The Morgan fingerprint density at radius 2 is 1.19 bits per heavy atom. The first-order valence-corrected chi connectivity index (χ1v) is 9.10. The second-order valence-corrected chi connectivity index (χ2v) is 8.19. The highest BCUT2D eigenvalue weighted by Gasteiger charge is 2.46. The van der Waals surface area contributed by atoms with Crippen LogP contribution in [0.2, 0.25) is 0 Å². The van der Waals surface area contributed by atoms with E-state index in [2.05, 4.69) is 0 Å². The molecule has 0 aliphatic rings. The molecule has 0 saturated carbocycles. The van der Waals surface area contributed by atoms with Crippen LogP contribution in [0.25, 0.3) is 0 Å². The van der Waals surface area contributed by atoms with Gasteiger partial charge in [-0.15, -0.1) is 0 Å². The van der Waals surface area contributed by atoms with Crippen LogP contribution in [0.15, 0.2) is 24.3 Å². The van der Waals surface area contributed by atoms with E-state index >= 15 is 0 Å². The van der Waals surface area contributed by atoms with Gasteiger partial charge in [0.1, 0.15) is 6.29 Å². The standard InChI is InChI=1S/C16H26O4Si/c1-12(2)18-21(19-13(3)4,20-14(5)6)16-9-7-15(11-17)8-10-16/h7-14H,1-6H3. The van der Waals surface area contributed by atoms with Gasteiger partial charge in [0.2, 0.25) is 0 Å². The summed E-state index contributed by atoms with van der Waals surface area (Å²) < 4.78 is 18.4. The minimum atomic E-state index is -3.01. The summed E-state index contributed by atoms with van der Waals surface area (Å²) in [6.45, 7) is 11.8. The Bertz CT molecular complexity index is 414. The van der Waals surface area contributed by atoms with E-state index in [4.69, 9.17) is 13.3 Å². The van der Waals surface area contributed by atoms with Crippen molar-refractivity contribution in [3.8, 4) is 0 Å². The van der Waals surface area contributed by atoms with Crippen LogP contribution in [-0.2, 0) is 13.3 Å². The molecule has 1 rings (SSSR count). The molecule has 0 amide bonds. The molecule has 0 saturated heterocycles. The van der Waals surface area contributed by atoms with Gasteiger partial charge in [0.25, 0.3) is 0 Å². The van der Waals surface area contributed by atoms with Gasteiger partial charge in [0.15, 0.2) is 0 Å². The third kappa shape index (κ3) is 5.35. The third-order valence-corrected chi connectivity index (χ3v) is 5.96. The first-order valence-electron chi connectivity index (χ1n) is 7.38. The first-order chi connectivity index (χ1) is 9.79. The molecule has 0 spiro atoms. The zero-order chi connectivity index (χ0) is 16.0. The van der Waals surface area contributed by atoms with Crippen molar-refractivity contribution >= 4 is 20.3 Å². The second kappa shape index (κ2) is 7.84. The average molecular weight is 310 g/mol. The topological polar surface area (TPSA) is 44.8 Å². The summed E-state index contributed by atoms with van der Waals surface area (Å²) in [7, 11) is -3.01. The minimum Gasteiger partial charge on any atom is -0.367 e. The van der Waals surface area contributed by atoms with Crippen LogP contribution in [0.5, 0.6) is 0 Å². The smallest absolute Gasteiger partial charge is 0.367 e. The lowest BCUT2D eigenvalue weighted by Crippen LogP contribution is -2.60. The van der Waals surface area contributed by atoms with Crippen molar-refractivity contribution in [3.63, 3.8) is 0 Å². The van der Waals surface area contributed by atoms with E-state index in [1.54, 1.807) is 12.1 Å². The number of rotatable bonds is 8. The molecular formula is C16H26O4Si. The molecule has 21 heavy (non-hydrogen) atoms. The van der Waals surface area contributed by atoms with Gasteiger partial charge < -0.3 is 13.3 Å². The lowest BCUT2D eigenvalue weighted by atomic mass is 10.2. The summed E-state index contributed by atoms with van der Waals surface area (Å²) in [4.78, 5) is 10.8. The van der Waals surface area contributed by atoms with E-state index in [0.717, 1.165) is 11.5 Å². The first kappa shape index (κ1) is 18.0. The fraction of sp³-hybridized carbons (Fsp3) is 0.562. The number of hydrogen-bond donors (Lipinski definition) is 0. The molecule has 1 aromatic carbocycles. The monoisotopic (exact) mass is 310 g/mol. The molecular weight excluding hydrogens is 284 g/mol. The molecule has 118 valence electrons. The Morgan fingerprint density at radius 3 is 1.48 bits per heavy atom. The molecule has 0 aromatic heterocycles. The molecule has 0 aliphatic heterocycles. The van der Waals surface area contributed by atoms with E-state index in [9.17, 15) is 4.79 Å². The van der Waals surface area contributed by atoms with Crippen LogP contribution in [0.1, 0.15) is 51.9 Å². The summed E-state index contributed by atoms with van der Waals surface area (Å²) in [5, 5.41) is 0.879. The van der Waals surface area contributed by atoms with Crippen LogP contribution in [-0.4, -0.2) is 33.4 Å². The Hall–Kier alpha value is -1.01. The van der Waals surface area contributed by atoms with Crippen LogP contribution in [0.3, 0.4) is 0 Å². The van der Waals surface area contributed by atoms with Crippen molar-refractivity contribution in [1.29, 1.82) is 0 Å². The molecule has 0 fully saturated rings. The van der Waals surface area contributed by atoms with Gasteiger partial charge in [-0.25, -0.2) is 0 Å². The summed E-state index contributed by atoms with van der Waals surface area (Å²) in [6, 6.07) is 7.26. The van der Waals surface area contributed by atoms with Crippen LogP contribution < -0.4 is 5.19 Å². The maximum absolute atomic E-state index is 10.8.